The first-order chi connectivity index (χ1) is 11.3. The first-order valence-electron chi connectivity index (χ1n) is 7.98. The Bertz CT molecular complexity index is 558. The zero-order valence-corrected chi connectivity index (χ0v) is 14.9. The van der Waals surface area contributed by atoms with E-state index in [1.807, 2.05) is 13.0 Å². The Morgan fingerprint density at radius 2 is 2.17 bits per heavy atom. The molecule has 0 aliphatic heterocycles. The van der Waals surface area contributed by atoms with Gasteiger partial charge in [0.05, 0.1) is 12.8 Å². The van der Waals surface area contributed by atoms with Crippen LogP contribution in [0.3, 0.4) is 0 Å². The number of esters is 1. The number of carbonyl (C=O) groups is 1. The Morgan fingerprint density at radius 3 is 2.75 bits per heavy atom. The van der Waals surface area contributed by atoms with Crippen LogP contribution in [-0.4, -0.2) is 37.9 Å². The molecule has 0 fully saturated rings. The van der Waals surface area contributed by atoms with Crippen LogP contribution in [0.2, 0.25) is 0 Å². The van der Waals surface area contributed by atoms with Gasteiger partial charge < -0.3 is 25.3 Å². The largest absolute Gasteiger partial charge is 0.494 e. The molecule has 6 heteroatoms. The van der Waals surface area contributed by atoms with E-state index in [9.17, 15) is 4.79 Å². The van der Waals surface area contributed by atoms with Crippen molar-refractivity contribution in [2.75, 3.05) is 25.6 Å². The van der Waals surface area contributed by atoms with Gasteiger partial charge in [-0.1, -0.05) is 19.6 Å². The molecular weight excluding hydrogens is 308 g/mol. The lowest BCUT2D eigenvalue weighted by Crippen LogP contribution is -2.39. The minimum Gasteiger partial charge on any atom is -0.494 e. The second-order valence-electron chi connectivity index (χ2n) is 5.91. The van der Waals surface area contributed by atoms with E-state index in [2.05, 4.69) is 11.9 Å². The van der Waals surface area contributed by atoms with E-state index in [1.54, 1.807) is 33.1 Å². The van der Waals surface area contributed by atoms with E-state index in [-0.39, 0.29) is 12.6 Å². The van der Waals surface area contributed by atoms with Crippen LogP contribution >= 0.6 is 0 Å². The molecule has 3 N–H and O–H groups in total. The molecule has 6 nitrogen and oxygen atoms in total. The number of methoxy groups -OCH3 is 1. The number of benzene rings is 1. The second-order valence-corrected chi connectivity index (χ2v) is 5.91. The van der Waals surface area contributed by atoms with Crippen LogP contribution in [0.4, 0.5) is 5.69 Å². The Labute approximate surface area is 144 Å². The lowest BCUT2D eigenvalue weighted by molar-refractivity contribution is -0.157. The Balaban J connectivity index is 2.82. The fourth-order valence-corrected chi connectivity index (χ4v) is 1.91. The van der Waals surface area contributed by atoms with Crippen LogP contribution in [0.25, 0.3) is 0 Å². The second kappa shape index (κ2) is 9.17. The van der Waals surface area contributed by atoms with Gasteiger partial charge in [0, 0.05) is 18.7 Å². The number of rotatable bonds is 10. The standard InChI is InChI=1S/C18H28N2O4/c1-6-10-23-17(21)18(3,4)24-14-8-9-15(16(11-14)22-5)20-12-13(19)7-2/h6,8-9,11,13,20H,1,7,10,12,19H2,2-5H3/t13-/m0/s1. The van der Waals surface area contributed by atoms with Crippen molar-refractivity contribution in [3.8, 4) is 11.5 Å². The molecule has 0 aromatic heterocycles. The molecule has 1 aromatic carbocycles. The molecule has 0 heterocycles. The van der Waals surface area contributed by atoms with Crippen LogP contribution in [-0.2, 0) is 9.53 Å². The highest BCUT2D eigenvalue weighted by Gasteiger charge is 2.31. The number of hydrogen-bond acceptors (Lipinski definition) is 6. The normalized spacial score (nSPS) is 12.2. The monoisotopic (exact) mass is 336 g/mol. The van der Waals surface area contributed by atoms with Crippen LogP contribution < -0.4 is 20.5 Å². The Morgan fingerprint density at radius 1 is 1.46 bits per heavy atom. The highest BCUT2D eigenvalue weighted by atomic mass is 16.6. The summed E-state index contributed by atoms with van der Waals surface area (Å²) in [5.41, 5.74) is 5.61. The van der Waals surface area contributed by atoms with Crippen molar-refractivity contribution in [1.82, 2.24) is 0 Å². The number of hydrogen-bond donors (Lipinski definition) is 2. The number of anilines is 1. The summed E-state index contributed by atoms with van der Waals surface area (Å²) in [5.74, 6) is 0.668. The molecule has 0 saturated heterocycles. The van der Waals surface area contributed by atoms with Crippen molar-refractivity contribution >= 4 is 11.7 Å². The average molecular weight is 336 g/mol. The molecule has 0 amide bonds. The van der Waals surface area contributed by atoms with Gasteiger partial charge in [0.15, 0.2) is 5.60 Å². The molecule has 0 spiro atoms. The van der Waals surface area contributed by atoms with E-state index in [4.69, 9.17) is 19.9 Å². The van der Waals surface area contributed by atoms with E-state index in [0.717, 1.165) is 12.1 Å². The average Bonchev–Trinajstić information content (AvgIpc) is 2.57. The quantitative estimate of drug-likeness (QED) is 0.505. The lowest BCUT2D eigenvalue weighted by Gasteiger charge is -2.24. The number of carbonyl (C=O) groups excluding carboxylic acids is 1. The minimum atomic E-state index is -1.12. The van der Waals surface area contributed by atoms with Gasteiger partial charge in [0.25, 0.3) is 0 Å². The van der Waals surface area contributed by atoms with E-state index < -0.39 is 11.6 Å². The highest BCUT2D eigenvalue weighted by molar-refractivity contribution is 5.79. The molecule has 1 atom stereocenters. The minimum absolute atomic E-state index is 0.0733. The van der Waals surface area contributed by atoms with Gasteiger partial charge in [-0.15, -0.1) is 0 Å². The predicted molar refractivity (Wildman–Crippen MR) is 95.6 cm³/mol. The van der Waals surface area contributed by atoms with Gasteiger partial charge in [-0.05, 0) is 32.4 Å². The predicted octanol–water partition coefficient (Wildman–Crippen LogP) is 2.73. The van der Waals surface area contributed by atoms with Crippen molar-refractivity contribution in [2.45, 2.75) is 38.8 Å². The highest BCUT2D eigenvalue weighted by Crippen LogP contribution is 2.31. The summed E-state index contributed by atoms with van der Waals surface area (Å²) in [7, 11) is 1.58. The molecular formula is C18H28N2O4. The smallest absolute Gasteiger partial charge is 0.350 e. The molecule has 0 bridgehead atoms. The van der Waals surface area contributed by atoms with Crippen molar-refractivity contribution in [3.05, 3.63) is 30.9 Å². The zero-order valence-electron chi connectivity index (χ0n) is 14.9. The van der Waals surface area contributed by atoms with E-state index in [1.165, 1.54) is 6.08 Å². The molecule has 0 radical (unpaired) electrons. The molecule has 0 aliphatic carbocycles. The van der Waals surface area contributed by atoms with Gasteiger partial charge in [-0.2, -0.15) is 0 Å². The third kappa shape index (κ3) is 5.77. The maximum Gasteiger partial charge on any atom is 0.350 e. The van der Waals surface area contributed by atoms with Crippen LogP contribution in [0.15, 0.2) is 30.9 Å². The number of ether oxygens (including phenoxy) is 3. The molecule has 134 valence electrons. The third-order valence-corrected chi connectivity index (χ3v) is 3.45. The fraction of sp³-hybridized carbons (Fsp3) is 0.500. The van der Waals surface area contributed by atoms with E-state index in [0.29, 0.717) is 18.0 Å². The van der Waals surface area contributed by atoms with Gasteiger partial charge in [0.1, 0.15) is 18.1 Å². The van der Waals surface area contributed by atoms with E-state index >= 15 is 0 Å². The van der Waals surface area contributed by atoms with Crippen LogP contribution in [0.1, 0.15) is 27.2 Å². The summed E-state index contributed by atoms with van der Waals surface area (Å²) < 4.78 is 16.2. The summed E-state index contributed by atoms with van der Waals surface area (Å²) in [5, 5.41) is 3.25. The molecule has 0 aliphatic rings. The van der Waals surface area contributed by atoms with Crippen molar-refractivity contribution in [3.63, 3.8) is 0 Å². The zero-order chi connectivity index (χ0) is 18.2. The van der Waals surface area contributed by atoms with Crippen LogP contribution in [0.5, 0.6) is 11.5 Å². The maximum atomic E-state index is 12.0. The molecule has 0 unspecified atom stereocenters. The summed E-state index contributed by atoms with van der Waals surface area (Å²) in [6.07, 6.45) is 2.40. The van der Waals surface area contributed by atoms with Gasteiger partial charge in [-0.3, -0.25) is 0 Å². The number of nitrogens with one attached hydrogen (secondary N) is 1. The molecule has 0 saturated carbocycles. The first-order valence-corrected chi connectivity index (χ1v) is 7.98. The summed E-state index contributed by atoms with van der Waals surface area (Å²) >= 11 is 0. The Kier molecular flexibility index (Phi) is 7.58. The topological polar surface area (TPSA) is 82.8 Å². The SMILES string of the molecule is C=CCOC(=O)C(C)(C)Oc1ccc(NC[C@@H](N)CC)c(OC)c1. The number of nitrogens with two attached hydrogens (primary N) is 1. The van der Waals surface area contributed by atoms with Gasteiger partial charge >= 0.3 is 5.97 Å². The van der Waals surface area contributed by atoms with Crippen molar-refractivity contribution in [2.24, 2.45) is 5.73 Å². The Hall–Kier alpha value is -2.21. The first kappa shape index (κ1) is 19.8. The van der Waals surface area contributed by atoms with Crippen molar-refractivity contribution in [1.29, 1.82) is 0 Å². The van der Waals surface area contributed by atoms with Gasteiger partial charge in [0.2, 0.25) is 0 Å². The summed E-state index contributed by atoms with van der Waals surface area (Å²) in [6, 6.07) is 5.40. The fourth-order valence-electron chi connectivity index (χ4n) is 1.91. The molecule has 1 aromatic rings. The van der Waals surface area contributed by atoms with Crippen molar-refractivity contribution < 1.29 is 19.0 Å². The molecule has 24 heavy (non-hydrogen) atoms. The van der Waals surface area contributed by atoms with Crippen LogP contribution in [0, 0.1) is 0 Å². The summed E-state index contributed by atoms with van der Waals surface area (Å²) in [4.78, 5) is 12.0. The third-order valence-electron chi connectivity index (χ3n) is 3.45. The molecule has 1 rings (SSSR count). The maximum absolute atomic E-state index is 12.0. The summed E-state index contributed by atoms with van der Waals surface area (Å²) in [6.45, 7) is 9.65. The lowest BCUT2D eigenvalue weighted by atomic mass is 10.1. The van der Waals surface area contributed by atoms with Gasteiger partial charge in [-0.25, -0.2) is 4.79 Å².